The number of amides is 2. The molecule has 0 aliphatic rings. The van der Waals surface area contributed by atoms with Gasteiger partial charge in [-0.15, -0.1) is 0 Å². The van der Waals surface area contributed by atoms with E-state index in [9.17, 15) is 9.59 Å². The summed E-state index contributed by atoms with van der Waals surface area (Å²) in [5, 5.41) is 5.68. The number of halogens is 2. The molecule has 0 bridgehead atoms. The SMILES string of the molecule is C[NH+](C)CCCCNC(=O)COC/C=C/COCC(=O)NCCCC[NH+](C)C.[Br-].[Br-]. The Labute approximate surface area is 203 Å². The van der Waals surface area contributed by atoms with Crippen molar-refractivity contribution in [2.24, 2.45) is 0 Å². The average molecular weight is 562 g/mol. The van der Waals surface area contributed by atoms with E-state index in [4.69, 9.17) is 9.47 Å². The first-order chi connectivity index (χ1) is 13.4. The van der Waals surface area contributed by atoms with E-state index >= 15 is 0 Å². The van der Waals surface area contributed by atoms with Gasteiger partial charge in [-0.3, -0.25) is 9.59 Å². The van der Waals surface area contributed by atoms with Crippen molar-refractivity contribution < 1.29 is 62.8 Å². The summed E-state index contributed by atoms with van der Waals surface area (Å²) in [4.78, 5) is 26.0. The predicted molar refractivity (Wildman–Crippen MR) is 111 cm³/mol. The molecule has 0 unspecified atom stereocenters. The van der Waals surface area contributed by atoms with Crippen LogP contribution in [-0.4, -0.2) is 92.6 Å². The molecule has 0 aromatic rings. The van der Waals surface area contributed by atoms with Crippen molar-refractivity contribution in [3.63, 3.8) is 0 Å². The summed E-state index contributed by atoms with van der Waals surface area (Å²) in [6, 6.07) is 0. The number of quaternary nitrogens is 2. The van der Waals surface area contributed by atoms with Gasteiger partial charge in [0.1, 0.15) is 13.2 Å². The van der Waals surface area contributed by atoms with Gasteiger partial charge >= 0.3 is 0 Å². The molecular weight excluding hydrogens is 520 g/mol. The lowest BCUT2D eigenvalue weighted by molar-refractivity contribution is -0.858. The zero-order chi connectivity index (χ0) is 21.0. The van der Waals surface area contributed by atoms with Crippen LogP contribution in [0.3, 0.4) is 0 Å². The van der Waals surface area contributed by atoms with Crippen LogP contribution in [0.15, 0.2) is 12.2 Å². The van der Waals surface area contributed by atoms with Crippen LogP contribution in [0.5, 0.6) is 0 Å². The first-order valence-electron chi connectivity index (χ1n) is 10.3. The molecule has 0 fully saturated rings. The van der Waals surface area contributed by atoms with E-state index in [0.29, 0.717) is 26.3 Å². The van der Waals surface area contributed by atoms with Crippen LogP contribution in [-0.2, 0) is 19.1 Å². The van der Waals surface area contributed by atoms with Crippen LogP contribution in [0, 0.1) is 0 Å². The smallest absolute Gasteiger partial charge is 0.246 e. The minimum absolute atomic E-state index is 0. The maximum atomic E-state index is 11.6. The van der Waals surface area contributed by atoms with E-state index in [0.717, 1.165) is 38.8 Å². The highest BCUT2D eigenvalue weighted by atomic mass is 79.9. The molecule has 180 valence electrons. The molecule has 0 aromatic carbocycles. The van der Waals surface area contributed by atoms with E-state index in [1.807, 2.05) is 0 Å². The lowest BCUT2D eigenvalue weighted by atomic mass is 10.3. The maximum Gasteiger partial charge on any atom is 0.246 e. The van der Waals surface area contributed by atoms with Gasteiger partial charge in [0.05, 0.1) is 54.5 Å². The quantitative estimate of drug-likeness (QED) is 0.0989. The van der Waals surface area contributed by atoms with Gasteiger partial charge in [-0.25, -0.2) is 0 Å². The Balaban J connectivity index is -0.00000364. The third-order valence-corrected chi connectivity index (χ3v) is 3.91. The van der Waals surface area contributed by atoms with Gasteiger partial charge in [-0.1, -0.05) is 12.2 Å². The van der Waals surface area contributed by atoms with Crippen molar-refractivity contribution in [2.75, 3.05) is 80.8 Å². The van der Waals surface area contributed by atoms with Gasteiger partial charge in [0.15, 0.2) is 0 Å². The third-order valence-electron chi connectivity index (χ3n) is 3.91. The van der Waals surface area contributed by atoms with Crippen molar-refractivity contribution >= 4 is 11.8 Å². The summed E-state index contributed by atoms with van der Waals surface area (Å²) < 4.78 is 10.5. The van der Waals surface area contributed by atoms with Crippen molar-refractivity contribution in [1.82, 2.24) is 10.6 Å². The van der Waals surface area contributed by atoms with Gasteiger partial charge in [-0.05, 0) is 25.7 Å². The number of carbonyl (C=O) groups excluding carboxylic acids is 2. The monoisotopic (exact) mass is 560 g/mol. The molecule has 10 heteroatoms. The largest absolute Gasteiger partial charge is 1.00 e. The second-order valence-electron chi connectivity index (χ2n) is 7.53. The lowest BCUT2D eigenvalue weighted by Crippen LogP contribution is -3.05. The molecule has 8 nitrogen and oxygen atoms in total. The minimum atomic E-state index is -0.0921. The molecule has 0 aliphatic carbocycles. The summed E-state index contributed by atoms with van der Waals surface area (Å²) >= 11 is 0. The van der Waals surface area contributed by atoms with Gasteiger partial charge in [-0.2, -0.15) is 0 Å². The number of rotatable bonds is 18. The van der Waals surface area contributed by atoms with E-state index in [1.165, 1.54) is 9.80 Å². The highest BCUT2D eigenvalue weighted by Crippen LogP contribution is 1.86. The summed E-state index contributed by atoms with van der Waals surface area (Å²) in [5.41, 5.74) is 0. The highest BCUT2D eigenvalue weighted by Gasteiger charge is 2.01. The standard InChI is InChI=1S/C20H40N4O4.2BrH/c1-23(2)13-7-5-11-21-19(25)17-27-15-9-10-16-28-18-20(26)22-12-6-8-14-24(3)4;;/h9-10H,5-8,11-18H2,1-4H3,(H,21,25)(H,22,26);2*1H/b10-9+;;. The Kier molecular flexibility index (Phi) is 28.1. The second kappa shape index (κ2) is 24.7. The predicted octanol–water partition coefficient (Wildman–Crippen LogP) is -8.33. The molecule has 0 spiro atoms. The molecule has 0 atom stereocenters. The molecular formula is C20H42Br2N4O4. The molecule has 0 saturated heterocycles. The lowest BCUT2D eigenvalue weighted by Gasteiger charge is -2.08. The van der Waals surface area contributed by atoms with Gasteiger partial charge < -0.3 is 63.9 Å². The summed E-state index contributed by atoms with van der Waals surface area (Å²) in [5.74, 6) is -0.184. The molecule has 0 rings (SSSR count). The fraction of sp³-hybridized carbons (Fsp3) is 0.800. The Bertz CT molecular complexity index is 401. The Morgan fingerprint density at radius 2 is 1.07 bits per heavy atom. The van der Waals surface area contributed by atoms with Crippen LogP contribution in [0.1, 0.15) is 25.7 Å². The van der Waals surface area contributed by atoms with Crippen LogP contribution in [0.25, 0.3) is 0 Å². The Hall–Kier alpha value is -0.520. The number of carbonyl (C=O) groups is 2. The fourth-order valence-corrected chi connectivity index (χ4v) is 2.34. The zero-order valence-corrected chi connectivity index (χ0v) is 22.2. The molecule has 0 radical (unpaired) electrons. The molecule has 30 heavy (non-hydrogen) atoms. The molecule has 0 aromatic heterocycles. The number of ether oxygens (including phenoxy) is 2. The summed E-state index contributed by atoms with van der Waals surface area (Å²) in [6.07, 6.45) is 7.74. The highest BCUT2D eigenvalue weighted by molar-refractivity contribution is 5.77. The minimum Gasteiger partial charge on any atom is -1.00 e. The van der Waals surface area contributed by atoms with Crippen LogP contribution in [0.2, 0.25) is 0 Å². The molecule has 2 amide bonds. The zero-order valence-electron chi connectivity index (χ0n) is 19.0. The third kappa shape index (κ3) is 27.5. The van der Waals surface area contributed by atoms with E-state index in [2.05, 4.69) is 38.8 Å². The first-order valence-corrected chi connectivity index (χ1v) is 10.3. The Morgan fingerprint density at radius 1 is 0.700 bits per heavy atom. The molecule has 4 N–H and O–H groups in total. The molecule has 0 aliphatic heterocycles. The van der Waals surface area contributed by atoms with E-state index < -0.39 is 0 Å². The number of hydrogen-bond donors (Lipinski definition) is 4. The van der Waals surface area contributed by atoms with Gasteiger partial charge in [0.2, 0.25) is 11.8 Å². The van der Waals surface area contributed by atoms with Crippen molar-refractivity contribution in [1.29, 1.82) is 0 Å². The van der Waals surface area contributed by atoms with Crippen LogP contribution in [0.4, 0.5) is 0 Å². The van der Waals surface area contributed by atoms with Crippen LogP contribution < -0.4 is 54.4 Å². The number of hydrogen-bond acceptors (Lipinski definition) is 4. The van der Waals surface area contributed by atoms with Crippen molar-refractivity contribution in [3.8, 4) is 0 Å². The maximum absolute atomic E-state index is 11.6. The number of nitrogens with one attached hydrogen (secondary N) is 4. The van der Waals surface area contributed by atoms with Gasteiger partial charge in [0.25, 0.3) is 0 Å². The fourth-order valence-electron chi connectivity index (χ4n) is 2.34. The normalized spacial score (nSPS) is 10.7. The van der Waals surface area contributed by atoms with Gasteiger partial charge in [0, 0.05) is 13.1 Å². The molecule has 0 heterocycles. The van der Waals surface area contributed by atoms with E-state index in [1.54, 1.807) is 12.2 Å². The Morgan fingerprint density at radius 3 is 1.40 bits per heavy atom. The van der Waals surface area contributed by atoms with Crippen LogP contribution >= 0.6 is 0 Å². The topological polar surface area (TPSA) is 85.5 Å². The summed E-state index contributed by atoms with van der Waals surface area (Å²) in [7, 11) is 8.48. The molecule has 0 saturated carbocycles. The van der Waals surface area contributed by atoms with Crippen molar-refractivity contribution in [2.45, 2.75) is 25.7 Å². The van der Waals surface area contributed by atoms with Crippen molar-refractivity contribution in [3.05, 3.63) is 12.2 Å². The first kappa shape index (κ1) is 34.1. The number of unbranched alkanes of at least 4 members (excludes halogenated alkanes) is 2. The summed E-state index contributed by atoms with van der Waals surface area (Å²) in [6.45, 7) is 4.41. The average Bonchev–Trinajstić information content (AvgIpc) is 2.62. The van der Waals surface area contributed by atoms with E-state index in [-0.39, 0.29) is 59.0 Å². The second-order valence-corrected chi connectivity index (χ2v) is 7.53.